The van der Waals surface area contributed by atoms with Gasteiger partial charge in [0.05, 0.1) is 18.7 Å². The fourth-order valence-corrected chi connectivity index (χ4v) is 5.40. The van der Waals surface area contributed by atoms with Crippen molar-refractivity contribution in [1.29, 1.82) is 10.5 Å². The van der Waals surface area contributed by atoms with Gasteiger partial charge in [-0.25, -0.2) is 4.99 Å². The Morgan fingerprint density at radius 3 is 2.68 bits per heavy atom. The highest BCUT2D eigenvalue weighted by Crippen LogP contribution is 2.81. The number of nitriles is 2. The number of hydrogen-bond donors (Lipinski definition) is 1. The van der Waals surface area contributed by atoms with Gasteiger partial charge in [-0.1, -0.05) is 42.1 Å². The highest BCUT2D eigenvalue weighted by atomic mass is 32.2. The highest BCUT2D eigenvalue weighted by molar-refractivity contribution is 8.00. The fourth-order valence-electron chi connectivity index (χ4n) is 4.05. The smallest absolute Gasteiger partial charge is 0.230 e. The molecule has 0 radical (unpaired) electrons. The van der Waals surface area contributed by atoms with Crippen LogP contribution in [0, 0.1) is 39.4 Å². The molecule has 0 unspecified atom stereocenters. The first-order valence-corrected chi connectivity index (χ1v) is 8.15. The van der Waals surface area contributed by atoms with E-state index in [1.165, 1.54) is 11.8 Å². The number of hydrogen-bond acceptors (Lipinski definition) is 6. The van der Waals surface area contributed by atoms with Gasteiger partial charge in [0.2, 0.25) is 5.06 Å². The van der Waals surface area contributed by atoms with Crippen LogP contribution >= 0.6 is 11.8 Å². The number of aliphatic imine (C=N–C) groups is 1. The van der Waals surface area contributed by atoms with Crippen molar-refractivity contribution in [3.05, 3.63) is 35.9 Å². The molecule has 110 valence electrons. The van der Waals surface area contributed by atoms with Crippen LogP contribution in [0.5, 0.6) is 0 Å². The molecule has 1 spiro atoms. The maximum atomic E-state index is 9.93. The van der Waals surface area contributed by atoms with Gasteiger partial charge in [0.15, 0.2) is 0 Å². The molecule has 2 aliphatic heterocycles. The van der Waals surface area contributed by atoms with Crippen molar-refractivity contribution in [2.24, 2.45) is 27.5 Å². The largest absolute Gasteiger partial charge is 0.386 e. The highest BCUT2D eigenvalue weighted by Gasteiger charge is 2.92. The van der Waals surface area contributed by atoms with Crippen LogP contribution in [0.2, 0.25) is 0 Å². The number of fused-ring (bicyclic) bond motifs is 2. The summed E-state index contributed by atoms with van der Waals surface area (Å²) in [7, 11) is 0. The summed E-state index contributed by atoms with van der Waals surface area (Å²) in [6.45, 7) is 0.532. The number of nitrogens with two attached hydrogens (primary N) is 1. The Labute approximate surface area is 132 Å². The minimum absolute atomic E-state index is 0.180. The number of benzene rings is 1. The molecule has 1 aromatic rings. The molecule has 0 amide bonds. The Kier molecular flexibility index (Phi) is 2.64. The predicted octanol–water partition coefficient (Wildman–Crippen LogP) is 1.67. The van der Waals surface area contributed by atoms with Gasteiger partial charge in [0, 0.05) is 11.7 Å². The molecule has 2 heterocycles. The fraction of sp³-hybridized carbons (Fsp3) is 0.438. The van der Waals surface area contributed by atoms with Crippen molar-refractivity contribution in [3.63, 3.8) is 0 Å². The summed E-state index contributed by atoms with van der Waals surface area (Å²) >= 11 is 1.49. The van der Waals surface area contributed by atoms with Crippen molar-refractivity contribution in [2.45, 2.75) is 11.5 Å². The minimum Gasteiger partial charge on any atom is -0.386 e. The lowest BCUT2D eigenvalue weighted by molar-refractivity contribution is 0.0168. The van der Waals surface area contributed by atoms with Gasteiger partial charge in [-0.3, -0.25) is 0 Å². The molecular weight excluding hydrogens is 296 g/mol. The predicted molar refractivity (Wildman–Crippen MR) is 82.5 cm³/mol. The van der Waals surface area contributed by atoms with Crippen LogP contribution in [0.15, 0.2) is 35.3 Å². The molecule has 22 heavy (non-hydrogen) atoms. The Morgan fingerprint density at radius 2 is 2.09 bits per heavy atom. The lowest BCUT2D eigenvalue weighted by Crippen LogP contribution is -2.34. The zero-order valence-corrected chi connectivity index (χ0v) is 12.6. The van der Waals surface area contributed by atoms with E-state index in [4.69, 9.17) is 10.5 Å². The molecule has 5 nitrogen and oxygen atoms in total. The molecule has 2 fully saturated rings. The van der Waals surface area contributed by atoms with E-state index >= 15 is 0 Å². The van der Waals surface area contributed by atoms with Crippen LogP contribution in [0.4, 0.5) is 0 Å². The maximum absolute atomic E-state index is 9.93. The van der Waals surface area contributed by atoms with E-state index in [0.717, 1.165) is 11.3 Å². The average Bonchev–Trinajstić information content (AvgIpc) is 2.81. The number of nitrogens with zero attached hydrogens (tertiary/aromatic N) is 3. The molecule has 4 rings (SSSR count). The first kappa shape index (κ1) is 13.6. The van der Waals surface area contributed by atoms with Crippen LogP contribution in [0.1, 0.15) is 5.56 Å². The van der Waals surface area contributed by atoms with Crippen molar-refractivity contribution < 1.29 is 4.74 Å². The zero-order valence-electron chi connectivity index (χ0n) is 11.8. The standard InChI is InChI=1S/C16H14N4OS/c17-9-14-12(8-11-4-2-1-3-5-11)15(14,10-18)16(20-13(14)19)21-6-7-22-16/h1-5,12H,6-8H2,(H2,19,20)/t12-,14+,15-,16-/m1/s1. The van der Waals surface area contributed by atoms with E-state index in [-0.39, 0.29) is 11.8 Å². The van der Waals surface area contributed by atoms with E-state index in [0.29, 0.717) is 13.0 Å². The third kappa shape index (κ3) is 1.27. The third-order valence-electron chi connectivity index (χ3n) is 5.07. The normalized spacial score (nSPS) is 41.5. The molecule has 6 heteroatoms. The van der Waals surface area contributed by atoms with Gasteiger partial charge in [-0.15, -0.1) is 0 Å². The topological polar surface area (TPSA) is 95.2 Å². The van der Waals surface area contributed by atoms with Crippen LogP contribution in [-0.2, 0) is 11.2 Å². The Bertz CT molecular complexity index is 744. The first-order valence-electron chi connectivity index (χ1n) is 7.17. The molecule has 0 aromatic heterocycles. The van der Waals surface area contributed by atoms with Gasteiger partial charge in [0.25, 0.3) is 0 Å². The van der Waals surface area contributed by atoms with Gasteiger partial charge in [-0.05, 0) is 12.0 Å². The molecule has 1 aliphatic carbocycles. The van der Waals surface area contributed by atoms with Crippen LogP contribution in [0.25, 0.3) is 0 Å². The summed E-state index contributed by atoms with van der Waals surface area (Å²) in [5.41, 5.74) is 5.21. The number of rotatable bonds is 2. The van der Waals surface area contributed by atoms with Crippen molar-refractivity contribution in [2.75, 3.05) is 12.4 Å². The Morgan fingerprint density at radius 1 is 1.32 bits per heavy atom. The molecule has 3 aliphatic rings. The molecule has 1 aromatic carbocycles. The first-order chi connectivity index (χ1) is 10.7. The second-order valence-electron chi connectivity index (χ2n) is 5.86. The zero-order chi connectivity index (χ0) is 15.4. The SMILES string of the molecule is N#C[C@@]12[C@H](Cc3ccccc3)[C@@]1(C#N)C(N)=N[C@@]21OCCS1. The lowest BCUT2D eigenvalue weighted by Gasteiger charge is -2.26. The van der Waals surface area contributed by atoms with Gasteiger partial charge < -0.3 is 10.5 Å². The third-order valence-corrected chi connectivity index (χ3v) is 6.36. The van der Waals surface area contributed by atoms with Crippen molar-refractivity contribution in [1.82, 2.24) is 0 Å². The Hall–Kier alpha value is -2.02. The maximum Gasteiger partial charge on any atom is 0.230 e. The molecular formula is C16H14N4OS. The summed E-state index contributed by atoms with van der Waals surface area (Å²) in [6, 6.07) is 14.6. The second kappa shape index (κ2) is 4.25. The number of thioether (sulfide) groups is 1. The summed E-state index contributed by atoms with van der Waals surface area (Å²) < 4.78 is 5.84. The van der Waals surface area contributed by atoms with E-state index < -0.39 is 15.9 Å². The van der Waals surface area contributed by atoms with Gasteiger partial charge in [-0.2, -0.15) is 10.5 Å². The van der Waals surface area contributed by atoms with E-state index in [2.05, 4.69) is 17.1 Å². The molecule has 1 saturated heterocycles. The van der Waals surface area contributed by atoms with Crippen LogP contribution < -0.4 is 5.73 Å². The minimum atomic E-state index is -1.02. The van der Waals surface area contributed by atoms with Crippen LogP contribution in [-0.4, -0.2) is 23.3 Å². The summed E-state index contributed by atoms with van der Waals surface area (Å²) in [5, 5.41) is 18.7. The quantitative estimate of drug-likeness (QED) is 0.896. The number of ether oxygens (including phenoxy) is 1. The number of amidine groups is 1. The van der Waals surface area contributed by atoms with Gasteiger partial charge in [0.1, 0.15) is 16.7 Å². The summed E-state index contributed by atoms with van der Waals surface area (Å²) in [6.07, 6.45) is 0.629. The van der Waals surface area contributed by atoms with Crippen LogP contribution in [0.3, 0.4) is 0 Å². The summed E-state index contributed by atoms with van der Waals surface area (Å²) in [4.78, 5) is 4.42. The van der Waals surface area contributed by atoms with E-state index in [1.54, 1.807) is 0 Å². The molecule has 0 bridgehead atoms. The van der Waals surface area contributed by atoms with Gasteiger partial charge >= 0.3 is 0 Å². The average molecular weight is 310 g/mol. The second-order valence-corrected chi connectivity index (χ2v) is 7.11. The van der Waals surface area contributed by atoms with E-state index in [9.17, 15) is 10.5 Å². The van der Waals surface area contributed by atoms with Crippen molar-refractivity contribution >= 4 is 17.6 Å². The Balaban J connectivity index is 1.80. The molecule has 4 atom stereocenters. The lowest BCUT2D eigenvalue weighted by atomic mass is 9.95. The monoisotopic (exact) mass is 310 g/mol. The van der Waals surface area contributed by atoms with E-state index in [1.807, 2.05) is 30.3 Å². The summed E-state index contributed by atoms with van der Waals surface area (Å²) in [5.74, 6) is 0.840. The molecule has 1 saturated carbocycles. The van der Waals surface area contributed by atoms with Crippen molar-refractivity contribution in [3.8, 4) is 12.1 Å². The molecule has 2 N–H and O–H groups in total.